The van der Waals surface area contributed by atoms with Crippen molar-refractivity contribution in [2.75, 3.05) is 19.5 Å². The number of hydrogen-bond donors (Lipinski definition) is 1. The number of unbranched alkanes of at least 4 members (excludes halogenated alkanes) is 3. The van der Waals surface area contributed by atoms with Crippen molar-refractivity contribution in [3.63, 3.8) is 0 Å². The van der Waals surface area contributed by atoms with E-state index in [0.29, 0.717) is 12.3 Å². The zero-order valence-electron chi connectivity index (χ0n) is 15.5. The quantitative estimate of drug-likeness (QED) is 0.317. The zero-order chi connectivity index (χ0) is 19.1. The molecule has 5 nitrogen and oxygen atoms in total. The van der Waals surface area contributed by atoms with Crippen molar-refractivity contribution in [2.24, 2.45) is 0 Å². The standard InChI is InChI=1S/C21H24ClN3O2/c1-26-15-10-12-16(13-11-15)27-14-5-3-2-4-8-18-20-17(23)7-6-9-19(20)25-21(22)24-18/h6-7,9-13H,2-5,8,14,23H2,1H3. The van der Waals surface area contributed by atoms with E-state index in [4.69, 9.17) is 26.8 Å². The van der Waals surface area contributed by atoms with Gasteiger partial charge in [-0.15, -0.1) is 0 Å². The molecule has 3 rings (SSSR count). The molecule has 0 fully saturated rings. The van der Waals surface area contributed by atoms with Crippen LogP contribution in [0.15, 0.2) is 42.5 Å². The average Bonchev–Trinajstić information content (AvgIpc) is 2.67. The molecule has 142 valence electrons. The highest BCUT2D eigenvalue weighted by molar-refractivity contribution is 6.28. The molecule has 0 spiro atoms. The summed E-state index contributed by atoms with van der Waals surface area (Å²) in [5, 5.41) is 1.20. The Labute approximate surface area is 164 Å². The monoisotopic (exact) mass is 385 g/mol. The number of fused-ring (bicyclic) bond motifs is 1. The largest absolute Gasteiger partial charge is 0.497 e. The molecule has 0 aliphatic heterocycles. The SMILES string of the molecule is COc1ccc(OCCCCCCc2nc(Cl)nc3cccc(N)c23)cc1. The lowest BCUT2D eigenvalue weighted by Crippen LogP contribution is -2.00. The first-order chi connectivity index (χ1) is 13.2. The first-order valence-electron chi connectivity index (χ1n) is 9.15. The molecule has 6 heteroatoms. The molecular weight excluding hydrogens is 362 g/mol. The minimum Gasteiger partial charge on any atom is -0.497 e. The Morgan fingerprint density at radius 3 is 2.44 bits per heavy atom. The van der Waals surface area contributed by atoms with Crippen LogP contribution < -0.4 is 15.2 Å². The van der Waals surface area contributed by atoms with Crippen molar-refractivity contribution >= 4 is 28.2 Å². The van der Waals surface area contributed by atoms with Gasteiger partial charge in [0.05, 0.1) is 24.9 Å². The topological polar surface area (TPSA) is 70.3 Å². The van der Waals surface area contributed by atoms with E-state index in [0.717, 1.165) is 60.2 Å². The molecule has 0 saturated heterocycles. The van der Waals surface area contributed by atoms with E-state index in [1.54, 1.807) is 7.11 Å². The molecular formula is C21H24ClN3O2. The lowest BCUT2D eigenvalue weighted by atomic mass is 10.1. The van der Waals surface area contributed by atoms with Gasteiger partial charge in [0.2, 0.25) is 5.28 Å². The van der Waals surface area contributed by atoms with Gasteiger partial charge >= 0.3 is 0 Å². The molecule has 0 saturated carbocycles. The van der Waals surface area contributed by atoms with Crippen LogP contribution >= 0.6 is 11.6 Å². The highest BCUT2D eigenvalue weighted by Crippen LogP contribution is 2.25. The molecule has 0 aliphatic carbocycles. The Kier molecular flexibility index (Phi) is 6.71. The van der Waals surface area contributed by atoms with E-state index in [1.165, 1.54) is 0 Å². The summed E-state index contributed by atoms with van der Waals surface area (Å²) in [6.07, 6.45) is 5.08. The second-order valence-electron chi connectivity index (χ2n) is 6.37. The number of methoxy groups -OCH3 is 1. The fourth-order valence-corrected chi connectivity index (χ4v) is 3.24. The van der Waals surface area contributed by atoms with E-state index in [-0.39, 0.29) is 5.28 Å². The van der Waals surface area contributed by atoms with Crippen molar-refractivity contribution in [3.05, 3.63) is 53.4 Å². The van der Waals surface area contributed by atoms with Crippen LogP contribution in [0.4, 0.5) is 5.69 Å². The molecule has 1 aromatic heterocycles. The molecule has 1 heterocycles. The summed E-state index contributed by atoms with van der Waals surface area (Å²) in [4.78, 5) is 8.64. The average molecular weight is 386 g/mol. The number of nitrogens with zero attached hydrogens (tertiary/aromatic N) is 2. The summed E-state index contributed by atoms with van der Waals surface area (Å²) >= 11 is 6.05. The van der Waals surface area contributed by atoms with Gasteiger partial charge < -0.3 is 15.2 Å². The number of rotatable bonds is 9. The number of ether oxygens (including phenoxy) is 2. The highest BCUT2D eigenvalue weighted by atomic mass is 35.5. The first kappa shape index (κ1) is 19.2. The third-order valence-electron chi connectivity index (χ3n) is 4.44. The third kappa shape index (κ3) is 5.23. The van der Waals surface area contributed by atoms with Crippen LogP contribution in [0.1, 0.15) is 31.4 Å². The van der Waals surface area contributed by atoms with Crippen molar-refractivity contribution in [2.45, 2.75) is 32.1 Å². The van der Waals surface area contributed by atoms with E-state index in [2.05, 4.69) is 9.97 Å². The second-order valence-corrected chi connectivity index (χ2v) is 6.71. The van der Waals surface area contributed by atoms with Crippen molar-refractivity contribution in [3.8, 4) is 11.5 Å². The molecule has 0 unspecified atom stereocenters. The number of benzene rings is 2. The number of hydrogen-bond acceptors (Lipinski definition) is 5. The maximum atomic E-state index is 6.10. The maximum Gasteiger partial charge on any atom is 0.223 e. The van der Waals surface area contributed by atoms with Gasteiger partial charge in [0.25, 0.3) is 0 Å². The van der Waals surface area contributed by atoms with Gasteiger partial charge in [-0.25, -0.2) is 9.97 Å². The Morgan fingerprint density at radius 1 is 0.926 bits per heavy atom. The second kappa shape index (κ2) is 9.42. The third-order valence-corrected chi connectivity index (χ3v) is 4.61. The van der Waals surface area contributed by atoms with E-state index in [1.807, 2.05) is 42.5 Å². The predicted octanol–water partition coefficient (Wildman–Crippen LogP) is 5.06. The number of aryl methyl sites for hydroxylation is 1. The van der Waals surface area contributed by atoms with Crippen molar-refractivity contribution in [1.29, 1.82) is 0 Å². The molecule has 0 amide bonds. The molecule has 2 aromatic carbocycles. The van der Waals surface area contributed by atoms with Crippen LogP contribution in [0.25, 0.3) is 10.9 Å². The molecule has 0 atom stereocenters. The lowest BCUT2D eigenvalue weighted by molar-refractivity contribution is 0.304. The van der Waals surface area contributed by atoms with Crippen molar-refractivity contribution < 1.29 is 9.47 Å². The normalized spacial score (nSPS) is 10.9. The van der Waals surface area contributed by atoms with Gasteiger partial charge in [-0.3, -0.25) is 0 Å². The summed E-state index contributed by atoms with van der Waals surface area (Å²) < 4.78 is 10.9. The lowest BCUT2D eigenvalue weighted by Gasteiger charge is -2.09. The van der Waals surface area contributed by atoms with Crippen LogP contribution in [-0.4, -0.2) is 23.7 Å². The Balaban J connectivity index is 1.42. The molecule has 2 N–H and O–H groups in total. The highest BCUT2D eigenvalue weighted by Gasteiger charge is 2.09. The smallest absolute Gasteiger partial charge is 0.223 e. The predicted molar refractivity (Wildman–Crippen MR) is 110 cm³/mol. The Bertz CT molecular complexity index is 884. The fourth-order valence-electron chi connectivity index (χ4n) is 3.05. The van der Waals surface area contributed by atoms with Gasteiger partial charge in [-0.2, -0.15) is 0 Å². The summed E-state index contributed by atoms with van der Waals surface area (Å²) in [6.45, 7) is 0.710. The van der Waals surface area contributed by atoms with Crippen LogP contribution in [-0.2, 0) is 6.42 Å². The van der Waals surface area contributed by atoms with Gasteiger partial charge in [0.1, 0.15) is 11.5 Å². The molecule has 0 aliphatic rings. The van der Waals surface area contributed by atoms with E-state index in [9.17, 15) is 0 Å². The molecule has 0 bridgehead atoms. The van der Waals surface area contributed by atoms with Crippen LogP contribution in [0, 0.1) is 0 Å². The molecule has 27 heavy (non-hydrogen) atoms. The summed E-state index contributed by atoms with van der Waals surface area (Å²) in [5.74, 6) is 1.70. The Hall–Kier alpha value is -2.53. The maximum absolute atomic E-state index is 6.10. The molecule has 3 aromatic rings. The van der Waals surface area contributed by atoms with Gasteiger partial charge in [0.15, 0.2) is 0 Å². The number of nitrogen functional groups attached to an aromatic ring is 1. The number of nitrogens with two attached hydrogens (primary N) is 1. The Morgan fingerprint density at radius 2 is 1.67 bits per heavy atom. The zero-order valence-corrected chi connectivity index (χ0v) is 16.2. The van der Waals surface area contributed by atoms with E-state index < -0.39 is 0 Å². The summed E-state index contributed by atoms with van der Waals surface area (Å²) in [6, 6.07) is 13.3. The van der Waals surface area contributed by atoms with Gasteiger partial charge in [-0.1, -0.05) is 18.9 Å². The van der Waals surface area contributed by atoms with Crippen LogP contribution in [0.3, 0.4) is 0 Å². The first-order valence-corrected chi connectivity index (χ1v) is 9.52. The fraction of sp³-hybridized carbons (Fsp3) is 0.333. The number of halogens is 1. The summed E-state index contributed by atoms with van der Waals surface area (Å²) in [7, 11) is 1.66. The van der Waals surface area contributed by atoms with Crippen LogP contribution in [0.5, 0.6) is 11.5 Å². The number of anilines is 1. The van der Waals surface area contributed by atoms with Gasteiger partial charge in [-0.05, 0) is 67.3 Å². The van der Waals surface area contributed by atoms with Crippen LogP contribution in [0.2, 0.25) is 5.28 Å². The van der Waals surface area contributed by atoms with Gasteiger partial charge in [0, 0.05) is 11.1 Å². The number of aromatic nitrogens is 2. The van der Waals surface area contributed by atoms with E-state index >= 15 is 0 Å². The molecule has 0 radical (unpaired) electrons. The van der Waals surface area contributed by atoms with Crippen molar-refractivity contribution in [1.82, 2.24) is 9.97 Å². The minimum atomic E-state index is 0.274. The summed E-state index contributed by atoms with van der Waals surface area (Å²) in [5.41, 5.74) is 8.54. The minimum absolute atomic E-state index is 0.274.